The van der Waals surface area contributed by atoms with E-state index in [0.717, 1.165) is 5.39 Å². The zero-order valence-electron chi connectivity index (χ0n) is 7.99. The monoisotopic (exact) mass is 218 g/mol. The highest BCUT2D eigenvalue weighted by Crippen LogP contribution is 2.29. The molecule has 3 nitrogen and oxygen atoms in total. The number of ether oxygens (including phenoxy) is 1. The molecule has 0 aliphatic rings. The molecule has 0 aliphatic carbocycles. The van der Waals surface area contributed by atoms with Crippen LogP contribution in [0, 0.1) is 11.3 Å². The molecule has 0 unspecified atom stereocenters. The van der Waals surface area contributed by atoms with Gasteiger partial charge < -0.3 is 4.74 Å². The van der Waals surface area contributed by atoms with Gasteiger partial charge in [0.1, 0.15) is 17.5 Å². The van der Waals surface area contributed by atoms with Gasteiger partial charge in [0.15, 0.2) is 0 Å². The van der Waals surface area contributed by atoms with Crippen molar-refractivity contribution in [3.8, 4) is 11.8 Å². The van der Waals surface area contributed by atoms with E-state index in [1.54, 1.807) is 31.4 Å². The average Bonchev–Trinajstić information content (AvgIpc) is 2.29. The molecule has 1 aromatic heterocycles. The SMILES string of the molecule is COc1ccc(Cl)c2nc(C#N)ccc12. The molecule has 0 aliphatic heterocycles. The highest BCUT2D eigenvalue weighted by atomic mass is 35.5. The summed E-state index contributed by atoms with van der Waals surface area (Å²) in [5.41, 5.74) is 0.938. The van der Waals surface area contributed by atoms with E-state index < -0.39 is 0 Å². The van der Waals surface area contributed by atoms with Gasteiger partial charge in [0.2, 0.25) is 0 Å². The van der Waals surface area contributed by atoms with Crippen molar-refractivity contribution in [2.75, 3.05) is 7.11 Å². The number of nitriles is 1. The Morgan fingerprint density at radius 2 is 2.13 bits per heavy atom. The molecule has 1 heterocycles. The van der Waals surface area contributed by atoms with Crippen LogP contribution in [0.1, 0.15) is 5.69 Å². The lowest BCUT2D eigenvalue weighted by Gasteiger charge is -2.05. The second-order valence-corrected chi connectivity index (χ2v) is 3.36. The van der Waals surface area contributed by atoms with Gasteiger partial charge in [-0.15, -0.1) is 0 Å². The number of rotatable bonds is 1. The molecule has 0 saturated heterocycles. The third-order valence-corrected chi connectivity index (χ3v) is 2.41. The molecule has 0 atom stereocenters. The number of nitrogens with zero attached hydrogens (tertiary/aromatic N) is 2. The van der Waals surface area contributed by atoms with E-state index in [1.807, 2.05) is 6.07 Å². The lowest BCUT2D eigenvalue weighted by Crippen LogP contribution is -1.89. The van der Waals surface area contributed by atoms with E-state index in [9.17, 15) is 0 Å². The Hall–Kier alpha value is -1.79. The molecule has 0 saturated carbocycles. The Morgan fingerprint density at radius 3 is 2.80 bits per heavy atom. The summed E-state index contributed by atoms with van der Waals surface area (Å²) < 4.78 is 5.17. The van der Waals surface area contributed by atoms with Crippen LogP contribution in [0.5, 0.6) is 5.75 Å². The molecule has 0 radical (unpaired) electrons. The standard InChI is InChI=1S/C11H7ClN2O/c1-15-10-5-4-9(12)11-8(10)3-2-7(6-13)14-11/h2-5H,1H3. The first-order chi connectivity index (χ1) is 7.26. The number of aromatic nitrogens is 1. The second kappa shape index (κ2) is 3.76. The van der Waals surface area contributed by atoms with Crippen molar-refractivity contribution in [1.29, 1.82) is 5.26 Å². The fourth-order valence-corrected chi connectivity index (χ4v) is 1.60. The smallest absolute Gasteiger partial charge is 0.141 e. The van der Waals surface area contributed by atoms with Gasteiger partial charge in [-0.25, -0.2) is 4.98 Å². The highest BCUT2D eigenvalue weighted by molar-refractivity contribution is 6.35. The second-order valence-electron chi connectivity index (χ2n) is 2.95. The molecule has 0 amide bonds. The molecule has 0 N–H and O–H groups in total. The maximum Gasteiger partial charge on any atom is 0.141 e. The summed E-state index contributed by atoms with van der Waals surface area (Å²) in [5, 5.41) is 10.1. The van der Waals surface area contributed by atoms with Crippen LogP contribution in [0.4, 0.5) is 0 Å². The molecule has 2 aromatic rings. The Kier molecular flexibility index (Phi) is 2.44. The van der Waals surface area contributed by atoms with Crippen LogP contribution in [-0.2, 0) is 0 Å². The van der Waals surface area contributed by atoms with E-state index in [0.29, 0.717) is 22.0 Å². The Labute approximate surface area is 91.9 Å². The van der Waals surface area contributed by atoms with Gasteiger partial charge in [0.05, 0.1) is 17.6 Å². The quantitative estimate of drug-likeness (QED) is 0.740. The zero-order valence-corrected chi connectivity index (χ0v) is 8.75. The first-order valence-corrected chi connectivity index (χ1v) is 4.67. The van der Waals surface area contributed by atoms with E-state index in [4.69, 9.17) is 21.6 Å². The van der Waals surface area contributed by atoms with Crippen molar-refractivity contribution in [2.45, 2.75) is 0 Å². The minimum absolute atomic E-state index is 0.345. The predicted octanol–water partition coefficient (Wildman–Crippen LogP) is 2.77. The van der Waals surface area contributed by atoms with Crippen LogP contribution >= 0.6 is 11.6 Å². The van der Waals surface area contributed by atoms with Crippen molar-refractivity contribution in [1.82, 2.24) is 4.98 Å². The topological polar surface area (TPSA) is 45.9 Å². The summed E-state index contributed by atoms with van der Waals surface area (Å²) in [6.45, 7) is 0. The molecule has 15 heavy (non-hydrogen) atoms. The lowest BCUT2D eigenvalue weighted by molar-refractivity contribution is 0.420. The number of halogens is 1. The van der Waals surface area contributed by atoms with E-state index >= 15 is 0 Å². The van der Waals surface area contributed by atoms with Gasteiger partial charge >= 0.3 is 0 Å². The Morgan fingerprint density at radius 1 is 1.33 bits per heavy atom. The van der Waals surface area contributed by atoms with Crippen molar-refractivity contribution in [2.24, 2.45) is 0 Å². The molecular weight excluding hydrogens is 212 g/mol. The predicted molar refractivity (Wildman–Crippen MR) is 58.0 cm³/mol. The zero-order chi connectivity index (χ0) is 10.8. The summed E-state index contributed by atoms with van der Waals surface area (Å²) in [6.07, 6.45) is 0. The van der Waals surface area contributed by atoms with Crippen LogP contribution in [0.2, 0.25) is 5.02 Å². The van der Waals surface area contributed by atoms with Crippen LogP contribution in [0.15, 0.2) is 24.3 Å². The van der Waals surface area contributed by atoms with E-state index in [1.165, 1.54) is 0 Å². The van der Waals surface area contributed by atoms with Gasteiger partial charge in [-0.1, -0.05) is 11.6 Å². The first-order valence-electron chi connectivity index (χ1n) is 4.29. The summed E-state index contributed by atoms with van der Waals surface area (Å²) in [4.78, 5) is 4.13. The number of fused-ring (bicyclic) bond motifs is 1. The van der Waals surface area contributed by atoms with Gasteiger partial charge in [-0.2, -0.15) is 5.26 Å². The van der Waals surface area contributed by atoms with Crippen molar-refractivity contribution in [3.63, 3.8) is 0 Å². The van der Waals surface area contributed by atoms with E-state index in [2.05, 4.69) is 4.98 Å². The summed E-state index contributed by atoms with van der Waals surface area (Å²) in [7, 11) is 1.58. The maximum absolute atomic E-state index is 8.73. The Balaban J connectivity index is 2.83. The minimum atomic E-state index is 0.345. The number of hydrogen-bond acceptors (Lipinski definition) is 3. The molecule has 1 aromatic carbocycles. The van der Waals surface area contributed by atoms with Gasteiger partial charge in [-0.05, 0) is 24.3 Å². The first kappa shape index (κ1) is 9.75. The lowest BCUT2D eigenvalue weighted by atomic mass is 10.2. The molecular formula is C11H7ClN2O. The van der Waals surface area contributed by atoms with Crippen LogP contribution < -0.4 is 4.74 Å². The summed E-state index contributed by atoms with van der Waals surface area (Å²) >= 11 is 5.99. The molecule has 0 fully saturated rings. The minimum Gasteiger partial charge on any atom is -0.496 e. The van der Waals surface area contributed by atoms with Gasteiger partial charge in [0, 0.05) is 5.39 Å². The van der Waals surface area contributed by atoms with Crippen LogP contribution in [0.3, 0.4) is 0 Å². The number of hydrogen-bond donors (Lipinski definition) is 0. The van der Waals surface area contributed by atoms with E-state index in [-0.39, 0.29) is 0 Å². The fraction of sp³-hybridized carbons (Fsp3) is 0.0909. The largest absolute Gasteiger partial charge is 0.496 e. The van der Waals surface area contributed by atoms with Crippen LogP contribution in [-0.4, -0.2) is 12.1 Å². The maximum atomic E-state index is 8.73. The third kappa shape index (κ3) is 1.60. The van der Waals surface area contributed by atoms with Crippen molar-refractivity contribution < 1.29 is 4.74 Å². The molecule has 2 rings (SSSR count). The van der Waals surface area contributed by atoms with Crippen molar-refractivity contribution in [3.05, 3.63) is 35.0 Å². The van der Waals surface area contributed by atoms with Crippen molar-refractivity contribution >= 4 is 22.5 Å². The number of pyridine rings is 1. The average molecular weight is 219 g/mol. The highest BCUT2D eigenvalue weighted by Gasteiger charge is 2.07. The Bertz CT molecular complexity index is 560. The molecule has 0 spiro atoms. The van der Waals surface area contributed by atoms with Gasteiger partial charge in [-0.3, -0.25) is 0 Å². The fourth-order valence-electron chi connectivity index (χ4n) is 1.40. The summed E-state index contributed by atoms with van der Waals surface area (Å²) in [5.74, 6) is 0.700. The van der Waals surface area contributed by atoms with Crippen LogP contribution in [0.25, 0.3) is 10.9 Å². The third-order valence-electron chi connectivity index (χ3n) is 2.10. The normalized spacial score (nSPS) is 9.93. The molecule has 0 bridgehead atoms. The molecule has 4 heteroatoms. The molecule has 74 valence electrons. The summed E-state index contributed by atoms with van der Waals surface area (Å²) in [6, 6.07) is 8.88. The number of benzene rings is 1. The number of methoxy groups -OCH3 is 1. The van der Waals surface area contributed by atoms with Gasteiger partial charge in [0.25, 0.3) is 0 Å².